The Labute approximate surface area is 177 Å². The van der Waals surface area contributed by atoms with Crippen LogP contribution in [0.4, 0.5) is 17.1 Å². The molecule has 0 unspecified atom stereocenters. The van der Waals surface area contributed by atoms with E-state index in [4.69, 9.17) is 0 Å². The third kappa shape index (κ3) is 6.21. The maximum absolute atomic E-state index is 12.6. The number of nitrogens with zero attached hydrogens (tertiary/aromatic N) is 1. The molecule has 2 N–H and O–H groups in total. The van der Waals surface area contributed by atoms with Crippen molar-refractivity contribution in [1.82, 2.24) is 0 Å². The minimum Gasteiger partial charge on any atom is -0.353 e. The van der Waals surface area contributed by atoms with Crippen molar-refractivity contribution in [1.29, 1.82) is 0 Å². The van der Waals surface area contributed by atoms with Crippen LogP contribution in [0.5, 0.6) is 0 Å². The van der Waals surface area contributed by atoms with Gasteiger partial charge in [0.05, 0.1) is 13.1 Å². The molecule has 0 fully saturated rings. The van der Waals surface area contributed by atoms with Gasteiger partial charge in [-0.15, -0.1) is 0 Å². The van der Waals surface area contributed by atoms with Crippen LogP contribution in [0.25, 0.3) is 0 Å². The summed E-state index contributed by atoms with van der Waals surface area (Å²) < 4.78 is 0. The van der Waals surface area contributed by atoms with E-state index in [1.165, 1.54) is 0 Å². The average Bonchev–Trinajstić information content (AvgIpc) is 2.71. The van der Waals surface area contributed by atoms with Crippen LogP contribution in [0.15, 0.2) is 72.8 Å². The lowest BCUT2D eigenvalue weighted by molar-refractivity contribution is -0.115. The number of hydrogen-bond donors (Lipinski definition) is 2. The van der Waals surface area contributed by atoms with E-state index < -0.39 is 0 Å². The molecule has 2 amide bonds. The second-order valence-corrected chi connectivity index (χ2v) is 7.52. The molecule has 0 aliphatic heterocycles. The number of carbonyl (C=O) groups is 2. The van der Waals surface area contributed by atoms with Crippen LogP contribution >= 0.6 is 0 Å². The number of amides is 2. The van der Waals surface area contributed by atoms with Crippen molar-refractivity contribution in [2.45, 2.75) is 20.8 Å². The normalized spacial score (nSPS) is 10.4. The van der Waals surface area contributed by atoms with Crippen LogP contribution in [0.3, 0.4) is 0 Å². The zero-order valence-electron chi connectivity index (χ0n) is 17.6. The number of carbonyl (C=O) groups excluding carboxylic acids is 2. The Morgan fingerprint density at radius 2 is 0.933 bits per heavy atom. The molecule has 0 bridgehead atoms. The van der Waals surface area contributed by atoms with Crippen LogP contribution in [0.2, 0.25) is 0 Å². The summed E-state index contributed by atoms with van der Waals surface area (Å²) in [7, 11) is 0. The molecule has 0 heterocycles. The standard InChI is InChI=1S/C25H27N3O2/c1-18-4-10-21(11-5-18)26-24(29)16-28(23-14-8-20(3)9-15-23)17-25(30)27-22-12-6-19(2)7-13-22/h4-15H,16-17H2,1-3H3,(H,26,29)(H,27,30). The molecule has 154 valence electrons. The SMILES string of the molecule is Cc1ccc(NC(=O)CN(CC(=O)Nc2ccc(C)cc2)c2ccc(C)cc2)cc1. The zero-order chi connectivity index (χ0) is 21.5. The summed E-state index contributed by atoms with van der Waals surface area (Å²) >= 11 is 0. The van der Waals surface area contributed by atoms with E-state index in [1.807, 2.05) is 93.6 Å². The summed E-state index contributed by atoms with van der Waals surface area (Å²) in [6.45, 7) is 6.13. The highest BCUT2D eigenvalue weighted by molar-refractivity contribution is 5.98. The Morgan fingerprint density at radius 1 is 0.600 bits per heavy atom. The van der Waals surface area contributed by atoms with Crippen LogP contribution in [0, 0.1) is 20.8 Å². The Balaban J connectivity index is 1.70. The first kappa shape index (κ1) is 21.1. The van der Waals surface area contributed by atoms with Gasteiger partial charge in [0.1, 0.15) is 0 Å². The highest BCUT2D eigenvalue weighted by Gasteiger charge is 2.16. The first-order valence-corrected chi connectivity index (χ1v) is 9.94. The van der Waals surface area contributed by atoms with E-state index in [0.29, 0.717) is 0 Å². The Morgan fingerprint density at radius 3 is 1.30 bits per heavy atom. The van der Waals surface area contributed by atoms with Crippen molar-refractivity contribution < 1.29 is 9.59 Å². The molecule has 0 spiro atoms. The molecule has 5 heteroatoms. The van der Waals surface area contributed by atoms with Crippen LogP contribution in [0.1, 0.15) is 16.7 Å². The molecule has 0 aliphatic carbocycles. The second kappa shape index (κ2) is 9.74. The van der Waals surface area contributed by atoms with Crippen LogP contribution in [-0.2, 0) is 9.59 Å². The number of rotatable bonds is 7. The molecule has 0 saturated carbocycles. The molecule has 3 rings (SSSR count). The molecule has 3 aromatic carbocycles. The third-order valence-corrected chi connectivity index (χ3v) is 4.74. The lowest BCUT2D eigenvalue weighted by Crippen LogP contribution is -2.39. The fourth-order valence-corrected chi connectivity index (χ4v) is 3.02. The van der Waals surface area contributed by atoms with E-state index in [2.05, 4.69) is 10.6 Å². The van der Waals surface area contributed by atoms with Gasteiger partial charge in [0, 0.05) is 17.1 Å². The summed E-state index contributed by atoms with van der Waals surface area (Å²) in [5.41, 5.74) is 5.66. The molecule has 0 aromatic heterocycles. The van der Waals surface area contributed by atoms with Crippen molar-refractivity contribution in [3.05, 3.63) is 89.5 Å². The summed E-state index contributed by atoms with van der Waals surface area (Å²) in [6.07, 6.45) is 0. The van der Waals surface area contributed by atoms with Crippen molar-refractivity contribution in [3.63, 3.8) is 0 Å². The Bertz CT molecular complexity index is 933. The van der Waals surface area contributed by atoms with E-state index >= 15 is 0 Å². The summed E-state index contributed by atoms with van der Waals surface area (Å²) in [5, 5.41) is 5.80. The van der Waals surface area contributed by atoms with Gasteiger partial charge in [-0.1, -0.05) is 53.1 Å². The molecule has 30 heavy (non-hydrogen) atoms. The number of anilines is 3. The van der Waals surface area contributed by atoms with Gasteiger partial charge in [-0.3, -0.25) is 9.59 Å². The van der Waals surface area contributed by atoms with Crippen molar-refractivity contribution in [2.24, 2.45) is 0 Å². The molecule has 0 radical (unpaired) electrons. The smallest absolute Gasteiger partial charge is 0.243 e. The summed E-state index contributed by atoms with van der Waals surface area (Å²) in [6, 6.07) is 23.1. The highest BCUT2D eigenvalue weighted by atomic mass is 16.2. The maximum Gasteiger partial charge on any atom is 0.243 e. The van der Waals surface area contributed by atoms with Gasteiger partial charge in [0.25, 0.3) is 0 Å². The van der Waals surface area contributed by atoms with E-state index in [-0.39, 0.29) is 24.9 Å². The van der Waals surface area contributed by atoms with Gasteiger partial charge in [0.2, 0.25) is 11.8 Å². The predicted octanol–water partition coefficient (Wildman–Crippen LogP) is 4.70. The second-order valence-electron chi connectivity index (χ2n) is 7.52. The minimum atomic E-state index is -0.178. The maximum atomic E-state index is 12.6. The number of nitrogens with one attached hydrogen (secondary N) is 2. The number of aryl methyl sites for hydroxylation is 3. The number of benzene rings is 3. The lowest BCUT2D eigenvalue weighted by atomic mass is 10.2. The zero-order valence-corrected chi connectivity index (χ0v) is 17.6. The van der Waals surface area contributed by atoms with Crippen LogP contribution in [-0.4, -0.2) is 24.9 Å². The predicted molar refractivity (Wildman–Crippen MR) is 123 cm³/mol. The summed E-state index contributed by atoms with van der Waals surface area (Å²) in [4.78, 5) is 27.1. The van der Waals surface area contributed by atoms with E-state index in [9.17, 15) is 9.59 Å². The quantitative estimate of drug-likeness (QED) is 0.603. The largest absolute Gasteiger partial charge is 0.353 e. The molecule has 3 aromatic rings. The molecule has 0 saturated heterocycles. The highest BCUT2D eigenvalue weighted by Crippen LogP contribution is 2.16. The van der Waals surface area contributed by atoms with Gasteiger partial charge in [-0.05, 0) is 57.2 Å². The fraction of sp³-hybridized carbons (Fsp3) is 0.200. The van der Waals surface area contributed by atoms with E-state index in [0.717, 1.165) is 33.8 Å². The molecular weight excluding hydrogens is 374 g/mol. The lowest BCUT2D eigenvalue weighted by Gasteiger charge is -2.24. The number of hydrogen-bond acceptors (Lipinski definition) is 3. The first-order valence-electron chi connectivity index (χ1n) is 9.94. The average molecular weight is 402 g/mol. The molecule has 5 nitrogen and oxygen atoms in total. The Kier molecular flexibility index (Phi) is 6.86. The topological polar surface area (TPSA) is 61.4 Å². The van der Waals surface area contributed by atoms with E-state index in [1.54, 1.807) is 4.90 Å². The summed E-state index contributed by atoms with van der Waals surface area (Å²) in [5.74, 6) is -0.356. The monoisotopic (exact) mass is 401 g/mol. The van der Waals surface area contributed by atoms with Gasteiger partial charge >= 0.3 is 0 Å². The van der Waals surface area contributed by atoms with Gasteiger partial charge < -0.3 is 15.5 Å². The fourth-order valence-electron chi connectivity index (χ4n) is 3.02. The van der Waals surface area contributed by atoms with Gasteiger partial charge in [0.15, 0.2) is 0 Å². The van der Waals surface area contributed by atoms with Gasteiger partial charge in [-0.2, -0.15) is 0 Å². The molecular formula is C25H27N3O2. The van der Waals surface area contributed by atoms with Crippen molar-refractivity contribution >= 4 is 28.9 Å². The van der Waals surface area contributed by atoms with Crippen LogP contribution < -0.4 is 15.5 Å². The first-order chi connectivity index (χ1) is 14.4. The molecule has 0 atom stereocenters. The van der Waals surface area contributed by atoms with Crippen molar-refractivity contribution in [2.75, 3.05) is 28.6 Å². The van der Waals surface area contributed by atoms with Gasteiger partial charge in [-0.25, -0.2) is 0 Å². The minimum absolute atomic E-state index is 0.0677. The third-order valence-electron chi connectivity index (χ3n) is 4.74. The van der Waals surface area contributed by atoms with Crippen molar-refractivity contribution in [3.8, 4) is 0 Å². The Hall–Kier alpha value is -3.60. The molecule has 0 aliphatic rings.